The zero-order valence-corrected chi connectivity index (χ0v) is 17.3. The maximum Gasteiger partial charge on any atom is 0.307 e. The molecule has 1 saturated heterocycles. The van der Waals surface area contributed by atoms with Gasteiger partial charge in [-0.2, -0.15) is 0 Å². The van der Waals surface area contributed by atoms with Crippen LogP contribution in [-0.4, -0.2) is 56.4 Å². The smallest absolute Gasteiger partial charge is 0.307 e. The van der Waals surface area contributed by atoms with Crippen LogP contribution in [0.15, 0.2) is 0 Å². The van der Waals surface area contributed by atoms with E-state index >= 15 is 0 Å². The van der Waals surface area contributed by atoms with E-state index in [-0.39, 0.29) is 13.0 Å². The Bertz CT molecular complexity index is 381. The normalized spacial score (nSPS) is 25.7. The highest BCUT2D eigenvalue weighted by Gasteiger charge is 2.50. The van der Waals surface area contributed by atoms with Crippen LogP contribution in [0.4, 0.5) is 0 Å². The quantitative estimate of drug-likeness (QED) is 0.165. The van der Waals surface area contributed by atoms with Crippen molar-refractivity contribution in [1.29, 1.82) is 0 Å². The van der Waals surface area contributed by atoms with E-state index in [9.17, 15) is 20.1 Å². The van der Waals surface area contributed by atoms with Gasteiger partial charge in [0.2, 0.25) is 3.61 Å². The summed E-state index contributed by atoms with van der Waals surface area (Å²) in [5.41, 5.74) is 0. The molecule has 0 bridgehead atoms. The molecule has 3 N–H and O–H groups in total. The topological polar surface area (TPSA) is 96.2 Å². The third-order valence-corrected chi connectivity index (χ3v) is 5.73. The van der Waals surface area contributed by atoms with Gasteiger partial charge in [-0.05, 0) is 29.0 Å². The summed E-state index contributed by atoms with van der Waals surface area (Å²) in [6.07, 6.45) is 7.63. The molecular formula is C18H33IO6. The predicted octanol–water partition coefficient (Wildman–Crippen LogP) is 2.69. The molecule has 1 fully saturated rings. The van der Waals surface area contributed by atoms with Crippen LogP contribution < -0.4 is 0 Å². The fraction of sp³-hybridized carbons (Fsp3) is 0.944. The average molecular weight is 472 g/mol. The van der Waals surface area contributed by atoms with Crippen molar-refractivity contribution >= 4 is 28.6 Å². The number of ether oxygens (including phenoxy) is 2. The summed E-state index contributed by atoms with van der Waals surface area (Å²) in [5.74, 6) is -0.413. The van der Waals surface area contributed by atoms with Crippen molar-refractivity contribution in [3.63, 3.8) is 0 Å². The van der Waals surface area contributed by atoms with Crippen LogP contribution in [0.25, 0.3) is 0 Å². The standard InChI is InChI=1S/C18H33IO6/c1-2-3-4-5-6-7-8-9-10-11-15(22)25-18(19,13-20)17-16(23)14(21)12-24-17/h14,16-17,20-21,23H,2-13H2,1H3/t14-,16+,17-,18+/m0/s1. The first-order valence-corrected chi connectivity index (χ1v) is 10.5. The number of halogens is 1. The van der Waals surface area contributed by atoms with Crippen LogP contribution >= 0.6 is 22.6 Å². The first-order chi connectivity index (χ1) is 11.9. The van der Waals surface area contributed by atoms with E-state index < -0.39 is 34.5 Å². The maximum absolute atomic E-state index is 12.0. The number of aliphatic hydroxyl groups is 3. The molecule has 25 heavy (non-hydrogen) atoms. The fourth-order valence-corrected chi connectivity index (χ4v) is 3.78. The summed E-state index contributed by atoms with van der Waals surface area (Å²) in [4.78, 5) is 12.0. The number of rotatable bonds is 13. The van der Waals surface area contributed by atoms with Crippen molar-refractivity contribution in [2.75, 3.05) is 13.2 Å². The molecule has 0 radical (unpaired) electrons. The van der Waals surface area contributed by atoms with Crippen molar-refractivity contribution in [1.82, 2.24) is 0 Å². The van der Waals surface area contributed by atoms with Crippen molar-refractivity contribution in [2.24, 2.45) is 0 Å². The Balaban J connectivity index is 2.19. The number of alkyl halides is 1. The molecule has 0 unspecified atom stereocenters. The Hall–Kier alpha value is 0.0400. The number of esters is 1. The molecule has 0 aromatic heterocycles. The third kappa shape index (κ3) is 8.07. The molecule has 0 aromatic carbocycles. The molecule has 0 aromatic rings. The van der Waals surface area contributed by atoms with Gasteiger partial charge in [-0.3, -0.25) is 4.79 Å². The molecule has 1 rings (SSSR count). The highest BCUT2D eigenvalue weighted by atomic mass is 127. The summed E-state index contributed by atoms with van der Waals surface area (Å²) in [6, 6.07) is 0. The second-order valence-corrected chi connectivity index (χ2v) is 8.63. The molecule has 1 aliphatic rings. The first kappa shape index (κ1) is 23.1. The molecule has 4 atom stereocenters. The minimum absolute atomic E-state index is 0.0353. The molecule has 0 saturated carbocycles. The van der Waals surface area contributed by atoms with Gasteiger partial charge in [0, 0.05) is 6.42 Å². The third-order valence-electron chi connectivity index (χ3n) is 4.56. The van der Waals surface area contributed by atoms with Crippen LogP contribution in [0, 0.1) is 0 Å². The minimum Gasteiger partial charge on any atom is -0.443 e. The highest BCUT2D eigenvalue weighted by molar-refractivity contribution is 14.1. The summed E-state index contributed by atoms with van der Waals surface area (Å²) in [5, 5.41) is 29.0. The molecule has 0 amide bonds. The SMILES string of the molecule is CCCCCCCCCCCC(=O)O[C@](I)(CO)[C@H]1OC[C@H](O)[C@H]1O. The van der Waals surface area contributed by atoms with Gasteiger partial charge in [0.1, 0.15) is 18.3 Å². The van der Waals surface area contributed by atoms with Gasteiger partial charge in [0.05, 0.1) is 13.2 Å². The van der Waals surface area contributed by atoms with Crippen molar-refractivity contribution < 1.29 is 29.6 Å². The molecule has 148 valence electrons. The predicted molar refractivity (Wildman–Crippen MR) is 104 cm³/mol. The van der Waals surface area contributed by atoms with Crippen LogP contribution in [0.3, 0.4) is 0 Å². The summed E-state index contributed by atoms with van der Waals surface area (Å²) >= 11 is 1.78. The molecule has 0 aliphatic carbocycles. The summed E-state index contributed by atoms with van der Waals surface area (Å²) in [6.45, 7) is 1.69. The zero-order valence-electron chi connectivity index (χ0n) is 15.2. The molecule has 1 aliphatic heterocycles. The van der Waals surface area contributed by atoms with Crippen LogP contribution in [0.2, 0.25) is 0 Å². The number of aliphatic hydroxyl groups excluding tert-OH is 3. The van der Waals surface area contributed by atoms with E-state index in [1.54, 1.807) is 22.6 Å². The van der Waals surface area contributed by atoms with E-state index in [2.05, 4.69) is 6.92 Å². The van der Waals surface area contributed by atoms with Crippen molar-refractivity contribution in [3.05, 3.63) is 0 Å². The van der Waals surface area contributed by atoms with E-state index in [1.165, 1.54) is 38.5 Å². The average Bonchev–Trinajstić information content (AvgIpc) is 2.93. The fourth-order valence-electron chi connectivity index (χ4n) is 2.98. The number of unbranched alkanes of at least 4 members (excludes halogenated alkanes) is 8. The van der Waals surface area contributed by atoms with Gasteiger partial charge in [-0.1, -0.05) is 58.3 Å². The Kier molecular flexibility index (Phi) is 11.5. The number of carbonyl (C=O) groups is 1. The van der Waals surface area contributed by atoms with Crippen LogP contribution in [0.5, 0.6) is 0 Å². The molecule has 1 heterocycles. The lowest BCUT2D eigenvalue weighted by Crippen LogP contribution is -2.50. The van der Waals surface area contributed by atoms with Crippen LogP contribution in [-0.2, 0) is 14.3 Å². The van der Waals surface area contributed by atoms with E-state index in [4.69, 9.17) is 9.47 Å². The largest absolute Gasteiger partial charge is 0.443 e. The van der Waals surface area contributed by atoms with Gasteiger partial charge < -0.3 is 24.8 Å². The molecule has 6 nitrogen and oxygen atoms in total. The number of carbonyl (C=O) groups excluding carboxylic acids is 1. The van der Waals surface area contributed by atoms with Crippen molar-refractivity contribution in [2.45, 2.75) is 93.1 Å². The number of hydrogen-bond acceptors (Lipinski definition) is 6. The molecular weight excluding hydrogens is 439 g/mol. The monoisotopic (exact) mass is 472 g/mol. The second-order valence-electron chi connectivity index (χ2n) is 6.81. The Morgan fingerprint density at radius 3 is 2.16 bits per heavy atom. The van der Waals surface area contributed by atoms with Gasteiger partial charge in [0.15, 0.2) is 0 Å². The lowest BCUT2D eigenvalue weighted by Gasteiger charge is -2.32. The van der Waals surface area contributed by atoms with E-state index in [0.29, 0.717) is 0 Å². The first-order valence-electron chi connectivity index (χ1n) is 9.44. The van der Waals surface area contributed by atoms with E-state index in [1.807, 2.05) is 0 Å². The van der Waals surface area contributed by atoms with Gasteiger partial charge in [0.25, 0.3) is 0 Å². The van der Waals surface area contributed by atoms with Crippen LogP contribution in [0.1, 0.15) is 71.1 Å². The van der Waals surface area contributed by atoms with Gasteiger partial charge >= 0.3 is 5.97 Å². The van der Waals surface area contributed by atoms with Gasteiger partial charge in [-0.15, -0.1) is 0 Å². The van der Waals surface area contributed by atoms with Crippen molar-refractivity contribution in [3.8, 4) is 0 Å². The zero-order chi connectivity index (χ0) is 18.7. The number of hydrogen-bond donors (Lipinski definition) is 3. The minimum atomic E-state index is -1.37. The van der Waals surface area contributed by atoms with E-state index in [0.717, 1.165) is 19.3 Å². The highest BCUT2D eigenvalue weighted by Crippen LogP contribution is 2.34. The molecule has 7 heteroatoms. The molecule has 0 spiro atoms. The maximum atomic E-state index is 12.0. The lowest BCUT2D eigenvalue weighted by molar-refractivity contribution is -0.166. The Labute approximate surface area is 164 Å². The Morgan fingerprint density at radius 1 is 1.12 bits per heavy atom. The summed E-state index contributed by atoms with van der Waals surface area (Å²) in [7, 11) is 0. The van der Waals surface area contributed by atoms with Gasteiger partial charge in [-0.25, -0.2) is 0 Å². The Morgan fingerprint density at radius 2 is 1.68 bits per heavy atom. The second kappa shape index (κ2) is 12.4. The lowest BCUT2D eigenvalue weighted by atomic mass is 10.1. The summed E-state index contributed by atoms with van der Waals surface area (Å²) < 4.78 is 9.28.